The number of aromatic amines is 1. The predicted octanol–water partition coefficient (Wildman–Crippen LogP) is 3.62. The summed E-state index contributed by atoms with van der Waals surface area (Å²) in [7, 11) is 0. The number of pyridine rings is 1. The first-order valence-corrected chi connectivity index (χ1v) is 13.2. The standard InChI is InChI=1S/C26H31N5O3S/c1-15-8-9-18-19(13-15)35-26-23(18)25(34)29-21(30-26)10-11-22(32)31-12-4-6-17(14-31)24(33)28-20-7-3-5-16(2)27-20/h3,5,7,15,17H,4,6,8-14H2,1-2H3,(H,27,28,33)(H,29,30,34). The van der Waals surface area contributed by atoms with Crippen molar-refractivity contribution < 1.29 is 9.59 Å². The van der Waals surface area contributed by atoms with Crippen molar-refractivity contribution in [2.75, 3.05) is 18.4 Å². The van der Waals surface area contributed by atoms with Crippen LogP contribution in [0.4, 0.5) is 5.82 Å². The lowest BCUT2D eigenvalue weighted by atomic mass is 9.89. The summed E-state index contributed by atoms with van der Waals surface area (Å²) in [4.78, 5) is 54.3. The van der Waals surface area contributed by atoms with E-state index < -0.39 is 0 Å². The minimum Gasteiger partial charge on any atom is -0.342 e. The van der Waals surface area contributed by atoms with Gasteiger partial charge in [-0.1, -0.05) is 13.0 Å². The molecule has 3 aromatic rings. The van der Waals surface area contributed by atoms with Gasteiger partial charge in [-0.3, -0.25) is 14.4 Å². The van der Waals surface area contributed by atoms with Gasteiger partial charge in [0, 0.05) is 36.5 Å². The van der Waals surface area contributed by atoms with Crippen LogP contribution in [0, 0.1) is 18.8 Å². The van der Waals surface area contributed by atoms with Gasteiger partial charge in [-0.15, -0.1) is 11.3 Å². The van der Waals surface area contributed by atoms with Gasteiger partial charge in [0.15, 0.2) is 0 Å². The number of amides is 2. The molecule has 2 unspecified atom stereocenters. The molecule has 184 valence electrons. The summed E-state index contributed by atoms with van der Waals surface area (Å²) in [5.41, 5.74) is 1.91. The van der Waals surface area contributed by atoms with Crippen molar-refractivity contribution in [1.82, 2.24) is 19.9 Å². The molecule has 0 spiro atoms. The van der Waals surface area contributed by atoms with Crippen LogP contribution in [0.25, 0.3) is 10.2 Å². The van der Waals surface area contributed by atoms with Gasteiger partial charge in [0.05, 0.1) is 11.3 Å². The fourth-order valence-electron chi connectivity index (χ4n) is 5.15. The first-order chi connectivity index (χ1) is 16.9. The van der Waals surface area contributed by atoms with E-state index in [1.54, 1.807) is 22.3 Å². The van der Waals surface area contributed by atoms with E-state index in [1.165, 1.54) is 4.88 Å². The third-order valence-corrected chi connectivity index (χ3v) is 8.22. The number of H-pyrrole nitrogens is 1. The van der Waals surface area contributed by atoms with Gasteiger partial charge in [0.1, 0.15) is 16.5 Å². The molecule has 0 radical (unpaired) electrons. The third kappa shape index (κ3) is 5.15. The van der Waals surface area contributed by atoms with Gasteiger partial charge in [0.2, 0.25) is 11.8 Å². The Balaban J connectivity index is 1.21. The van der Waals surface area contributed by atoms with E-state index in [9.17, 15) is 14.4 Å². The van der Waals surface area contributed by atoms with Gasteiger partial charge in [-0.2, -0.15) is 0 Å². The molecular formula is C26H31N5O3S. The molecule has 2 N–H and O–H groups in total. The average Bonchev–Trinajstić information content (AvgIpc) is 3.20. The van der Waals surface area contributed by atoms with Gasteiger partial charge in [-0.05, 0) is 62.6 Å². The highest BCUT2D eigenvalue weighted by Gasteiger charge is 2.29. The van der Waals surface area contributed by atoms with Crippen LogP contribution in [0.3, 0.4) is 0 Å². The number of likely N-dealkylation sites (tertiary alicyclic amines) is 1. The summed E-state index contributed by atoms with van der Waals surface area (Å²) >= 11 is 1.62. The number of rotatable bonds is 5. The predicted molar refractivity (Wildman–Crippen MR) is 137 cm³/mol. The van der Waals surface area contributed by atoms with Crippen LogP contribution in [-0.4, -0.2) is 44.8 Å². The van der Waals surface area contributed by atoms with E-state index in [4.69, 9.17) is 4.98 Å². The van der Waals surface area contributed by atoms with Crippen LogP contribution >= 0.6 is 11.3 Å². The molecule has 8 nitrogen and oxygen atoms in total. The lowest BCUT2D eigenvalue weighted by Crippen LogP contribution is -2.44. The second kappa shape index (κ2) is 9.89. The lowest BCUT2D eigenvalue weighted by Gasteiger charge is -2.32. The maximum absolute atomic E-state index is 13.0. The number of piperidine rings is 1. The monoisotopic (exact) mass is 493 g/mol. The van der Waals surface area contributed by atoms with Crippen LogP contribution in [0.1, 0.15) is 54.6 Å². The van der Waals surface area contributed by atoms with Crippen molar-refractivity contribution in [2.24, 2.45) is 11.8 Å². The molecule has 0 aromatic carbocycles. The zero-order valence-corrected chi connectivity index (χ0v) is 21.0. The van der Waals surface area contributed by atoms with E-state index in [-0.39, 0.29) is 29.7 Å². The number of thiophene rings is 1. The molecule has 5 rings (SSSR count). The number of hydrogen-bond acceptors (Lipinski definition) is 6. The summed E-state index contributed by atoms with van der Waals surface area (Å²) in [5, 5.41) is 3.62. The number of nitrogens with zero attached hydrogens (tertiary/aromatic N) is 3. The fraction of sp³-hybridized carbons (Fsp3) is 0.500. The SMILES string of the molecule is Cc1cccc(NC(=O)C2CCCN(C(=O)CCc3nc4sc5c(c4c(=O)[nH]3)CCC(C)C5)C2)n1. The lowest BCUT2D eigenvalue weighted by molar-refractivity contribution is -0.134. The molecule has 2 aliphatic rings. The molecule has 2 amide bonds. The van der Waals surface area contributed by atoms with Crippen LogP contribution in [-0.2, 0) is 28.9 Å². The molecule has 4 heterocycles. The van der Waals surface area contributed by atoms with Gasteiger partial charge < -0.3 is 15.2 Å². The molecule has 3 aromatic heterocycles. The van der Waals surface area contributed by atoms with Gasteiger partial charge in [-0.25, -0.2) is 9.97 Å². The number of nitrogens with one attached hydrogen (secondary N) is 2. The van der Waals surface area contributed by atoms with Crippen LogP contribution in [0.15, 0.2) is 23.0 Å². The van der Waals surface area contributed by atoms with Crippen molar-refractivity contribution in [1.29, 1.82) is 0 Å². The minimum atomic E-state index is -0.260. The summed E-state index contributed by atoms with van der Waals surface area (Å²) < 4.78 is 0. The number of anilines is 1. The second-order valence-corrected chi connectivity index (χ2v) is 11.0. The highest BCUT2D eigenvalue weighted by Crippen LogP contribution is 2.35. The summed E-state index contributed by atoms with van der Waals surface area (Å²) in [6.45, 7) is 5.17. The Kier molecular flexibility index (Phi) is 6.69. The molecule has 0 bridgehead atoms. The van der Waals surface area contributed by atoms with Crippen LogP contribution < -0.4 is 10.9 Å². The molecular weight excluding hydrogens is 462 g/mol. The number of carbonyl (C=O) groups is 2. The molecule has 9 heteroatoms. The van der Waals surface area contributed by atoms with Gasteiger partial charge in [0.25, 0.3) is 5.56 Å². The van der Waals surface area contributed by atoms with E-state index in [1.807, 2.05) is 19.1 Å². The maximum atomic E-state index is 13.0. The van der Waals surface area contributed by atoms with Crippen molar-refractivity contribution in [3.8, 4) is 0 Å². The Morgan fingerprint density at radius 2 is 2.11 bits per heavy atom. The maximum Gasteiger partial charge on any atom is 0.259 e. The number of carbonyl (C=O) groups excluding carboxylic acids is 2. The molecule has 2 atom stereocenters. The third-order valence-electron chi connectivity index (χ3n) is 7.07. The smallest absolute Gasteiger partial charge is 0.259 e. The minimum absolute atomic E-state index is 0.0155. The van der Waals surface area contributed by atoms with Crippen LogP contribution in [0.5, 0.6) is 0 Å². The molecule has 1 saturated heterocycles. The average molecular weight is 494 g/mol. The van der Waals surface area contributed by atoms with Crippen molar-refractivity contribution >= 4 is 39.2 Å². The molecule has 1 fully saturated rings. The molecule has 0 saturated carbocycles. The first-order valence-electron chi connectivity index (χ1n) is 12.4. The van der Waals surface area contributed by atoms with E-state index >= 15 is 0 Å². The van der Waals surface area contributed by atoms with E-state index in [2.05, 4.69) is 22.2 Å². The van der Waals surface area contributed by atoms with Crippen molar-refractivity contribution in [3.05, 3.63) is 50.5 Å². The first kappa shape index (κ1) is 23.7. The Labute approximate surface area is 208 Å². The second-order valence-electron chi connectivity index (χ2n) is 9.88. The molecule has 1 aliphatic heterocycles. The fourth-order valence-corrected chi connectivity index (χ4v) is 6.56. The van der Waals surface area contributed by atoms with Crippen molar-refractivity contribution in [2.45, 2.75) is 58.8 Å². The number of hydrogen-bond donors (Lipinski definition) is 2. The number of aryl methyl sites for hydroxylation is 3. The highest BCUT2D eigenvalue weighted by molar-refractivity contribution is 7.18. The Hall–Kier alpha value is -3.07. The van der Waals surface area contributed by atoms with Crippen molar-refractivity contribution in [3.63, 3.8) is 0 Å². The van der Waals surface area contributed by atoms with Gasteiger partial charge >= 0.3 is 0 Å². The summed E-state index contributed by atoms with van der Waals surface area (Å²) in [5.74, 6) is 1.35. The number of fused-ring (bicyclic) bond motifs is 3. The molecule has 1 aliphatic carbocycles. The highest BCUT2D eigenvalue weighted by atomic mass is 32.1. The van der Waals surface area contributed by atoms with E-state index in [0.29, 0.717) is 37.1 Å². The number of aromatic nitrogens is 3. The quantitative estimate of drug-likeness (QED) is 0.564. The Morgan fingerprint density at radius 3 is 2.94 bits per heavy atom. The zero-order valence-electron chi connectivity index (χ0n) is 20.2. The molecule has 35 heavy (non-hydrogen) atoms. The topological polar surface area (TPSA) is 108 Å². The normalized spacial score (nSPS) is 20.0. The van der Waals surface area contributed by atoms with Crippen LogP contribution in [0.2, 0.25) is 0 Å². The Bertz CT molecular complexity index is 1330. The summed E-state index contributed by atoms with van der Waals surface area (Å²) in [6.07, 6.45) is 5.20. The van der Waals surface area contributed by atoms with E-state index in [0.717, 1.165) is 53.6 Å². The largest absolute Gasteiger partial charge is 0.342 e. The summed E-state index contributed by atoms with van der Waals surface area (Å²) in [6, 6.07) is 5.51. The Morgan fingerprint density at radius 1 is 1.26 bits per heavy atom. The zero-order chi connectivity index (χ0) is 24.5.